The molecule has 36 heavy (non-hydrogen) atoms. The van der Waals surface area contributed by atoms with Crippen molar-refractivity contribution < 1.29 is 19.5 Å². The molecule has 1 amide bonds. The van der Waals surface area contributed by atoms with E-state index in [0.29, 0.717) is 22.6 Å². The van der Waals surface area contributed by atoms with Crippen molar-refractivity contribution in [2.24, 2.45) is 17.4 Å². The fraction of sp³-hybridized carbons (Fsp3) is 0.333. The van der Waals surface area contributed by atoms with Crippen molar-refractivity contribution in [1.82, 2.24) is 10.3 Å². The molecule has 0 aliphatic heterocycles. The molecule has 190 valence electrons. The second kappa shape index (κ2) is 12.1. The maximum absolute atomic E-state index is 13.6. The SMILES string of the molecule is CC(C)C[C@H](NC(=O)c1cccs1)C(=O)CC(O)C(N)(N)C(=O)C(c1ccccc1)c1ccccn1. The molecule has 6 N–H and O–H groups in total. The number of nitrogens with one attached hydrogen (secondary N) is 1. The standard InChI is InChI=1S/C27H32N4O4S/c1-17(2)15-20(31-26(35)22-12-8-14-36-22)21(32)16-23(33)27(28,29)25(34)24(18-9-4-3-5-10-18)19-11-6-7-13-30-19/h3-14,17,20,23-24,33H,15-16,28-29H2,1-2H3,(H,31,35)/t20-,23?,24?/m0/s1. The molecule has 9 heteroatoms. The topological polar surface area (TPSA) is 148 Å². The molecule has 0 aliphatic rings. The van der Waals surface area contributed by atoms with Crippen LogP contribution in [0, 0.1) is 5.92 Å². The molecule has 3 aromatic rings. The largest absolute Gasteiger partial charge is 0.389 e. The molecule has 1 aromatic carbocycles. The minimum Gasteiger partial charge on any atom is -0.389 e. The number of carbonyl (C=O) groups excluding carboxylic acids is 3. The zero-order valence-electron chi connectivity index (χ0n) is 20.3. The maximum Gasteiger partial charge on any atom is 0.261 e. The van der Waals surface area contributed by atoms with Crippen molar-refractivity contribution in [2.45, 2.75) is 50.4 Å². The highest BCUT2D eigenvalue weighted by atomic mass is 32.1. The number of hydrogen-bond acceptors (Lipinski definition) is 8. The van der Waals surface area contributed by atoms with E-state index in [0.717, 1.165) is 0 Å². The van der Waals surface area contributed by atoms with E-state index >= 15 is 0 Å². The fourth-order valence-electron chi connectivity index (χ4n) is 3.94. The van der Waals surface area contributed by atoms with Gasteiger partial charge < -0.3 is 21.9 Å². The van der Waals surface area contributed by atoms with Gasteiger partial charge in [0.15, 0.2) is 17.2 Å². The lowest BCUT2D eigenvalue weighted by atomic mass is 9.81. The lowest BCUT2D eigenvalue weighted by Crippen LogP contribution is -2.66. The molecule has 0 aliphatic carbocycles. The molecule has 0 spiro atoms. The number of Topliss-reactive ketones (excluding diaryl/α,β-unsaturated/α-hetero) is 2. The molecular formula is C27H32N4O4S. The summed E-state index contributed by atoms with van der Waals surface area (Å²) in [5.74, 6) is -2.34. The van der Waals surface area contributed by atoms with Gasteiger partial charge in [-0.05, 0) is 41.5 Å². The van der Waals surface area contributed by atoms with E-state index in [9.17, 15) is 19.5 Å². The molecule has 0 bridgehead atoms. The molecule has 8 nitrogen and oxygen atoms in total. The van der Waals surface area contributed by atoms with Gasteiger partial charge in [-0.25, -0.2) is 0 Å². The summed E-state index contributed by atoms with van der Waals surface area (Å²) in [6, 6.07) is 16.6. The number of amides is 1. The van der Waals surface area contributed by atoms with Crippen LogP contribution >= 0.6 is 11.3 Å². The number of nitrogens with two attached hydrogens (primary N) is 2. The van der Waals surface area contributed by atoms with Crippen molar-refractivity contribution in [3.05, 3.63) is 88.4 Å². The van der Waals surface area contributed by atoms with Crippen LogP contribution in [0.4, 0.5) is 0 Å². The van der Waals surface area contributed by atoms with Gasteiger partial charge in [-0.15, -0.1) is 11.3 Å². The van der Waals surface area contributed by atoms with Crippen LogP contribution in [0.25, 0.3) is 0 Å². The lowest BCUT2D eigenvalue weighted by Gasteiger charge is -2.32. The van der Waals surface area contributed by atoms with Gasteiger partial charge in [0, 0.05) is 12.6 Å². The summed E-state index contributed by atoms with van der Waals surface area (Å²) in [5.41, 5.74) is 11.2. The van der Waals surface area contributed by atoms with Crippen LogP contribution in [0.5, 0.6) is 0 Å². The molecule has 2 aromatic heterocycles. The van der Waals surface area contributed by atoms with Gasteiger partial charge in [0.1, 0.15) is 0 Å². The molecule has 0 fully saturated rings. The average molecular weight is 509 g/mol. The van der Waals surface area contributed by atoms with E-state index in [4.69, 9.17) is 11.5 Å². The average Bonchev–Trinajstić information content (AvgIpc) is 3.40. The highest BCUT2D eigenvalue weighted by Gasteiger charge is 2.44. The zero-order chi connectivity index (χ0) is 26.3. The third kappa shape index (κ3) is 6.70. The Kier molecular flexibility index (Phi) is 9.22. The molecule has 0 radical (unpaired) electrons. The molecule has 3 rings (SSSR count). The van der Waals surface area contributed by atoms with Crippen LogP contribution in [0.15, 0.2) is 72.2 Å². The van der Waals surface area contributed by atoms with Crippen molar-refractivity contribution in [1.29, 1.82) is 0 Å². The number of benzene rings is 1. The third-order valence-electron chi connectivity index (χ3n) is 5.90. The number of pyridine rings is 1. The van der Waals surface area contributed by atoms with Gasteiger partial charge in [-0.1, -0.05) is 56.3 Å². The summed E-state index contributed by atoms with van der Waals surface area (Å²) in [6.45, 7) is 3.84. The molecule has 0 saturated carbocycles. The second-order valence-electron chi connectivity index (χ2n) is 9.21. The molecule has 2 unspecified atom stereocenters. The van der Waals surface area contributed by atoms with Crippen LogP contribution in [0.2, 0.25) is 0 Å². The second-order valence-corrected chi connectivity index (χ2v) is 10.2. The highest BCUT2D eigenvalue weighted by Crippen LogP contribution is 2.28. The summed E-state index contributed by atoms with van der Waals surface area (Å²) in [6.07, 6.45) is -0.259. The van der Waals surface area contributed by atoms with E-state index in [1.54, 1.807) is 66.2 Å². The van der Waals surface area contributed by atoms with Gasteiger partial charge in [0.05, 0.1) is 28.6 Å². The lowest BCUT2D eigenvalue weighted by molar-refractivity contribution is -0.131. The van der Waals surface area contributed by atoms with Gasteiger partial charge in [-0.2, -0.15) is 0 Å². The van der Waals surface area contributed by atoms with E-state index < -0.39 is 41.7 Å². The first-order valence-electron chi connectivity index (χ1n) is 11.7. The van der Waals surface area contributed by atoms with E-state index in [-0.39, 0.29) is 11.8 Å². The number of rotatable bonds is 12. The van der Waals surface area contributed by atoms with Crippen molar-refractivity contribution in [3.63, 3.8) is 0 Å². The molecule has 3 atom stereocenters. The quantitative estimate of drug-likeness (QED) is 0.275. The third-order valence-corrected chi connectivity index (χ3v) is 6.77. The van der Waals surface area contributed by atoms with E-state index in [1.807, 2.05) is 19.9 Å². The van der Waals surface area contributed by atoms with Crippen LogP contribution in [-0.4, -0.2) is 45.4 Å². The maximum atomic E-state index is 13.6. The first-order chi connectivity index (χ1) is 17.1. The summed E-state index contributed by atoms with van der Waals surface area (Å²) in [4.78, 5) is 44.2. The van der Waals surface area contributed by atoms with Crippen LogP contribution in [-0.2, 0) is 9.59 Å². The smallest absolute Gasteiger partial charge is 0.261 e. The van der Waals surface area contributed by atoms with Crippen LogP contribution in [0.3, 0.4) is 0 Å². The number of thiophene rings is 1. The van der Waals surface area contributed by atoms with Crippen LogP contribution in [0.1, 0.15) is 53.5 Å². The summed E-state index contributed by atoms with van der Waals surface area (Å²) in [5, 5.41) is 15.5. The Morgan fingerprint density at radius 2 is 1.72 bits per heavy atom. The van der Waals surface area contributed by atoms with E-state index in [2.05, 4.69) is 10.3 Å². The van der Waals surface area contributed by atoms with Crippen molar-refractivity contribution >= 4 is 28.8 Å². The minimum atomic E-state index is -2.24. The van der Waals surface area contributed by atoms with Gasteiger partial charge in [0.2, 0.25) is 0 Å². The highest BCUT2D eigenvalue weighted by molar-refractivity contribution is 7.12. The Balaban J connectivity index is 1.81. The predicted molar refractivity (Wildman–Crippen MR) is 139 cm³/mol. The Morgan fingerprint density at radius 1 is 1.03 bits per heavy atom. The number of aromatic nitrogens is 1. The number of hydrogen-bond donors (Lipinski definition) is 4. The fourth-order valence-corrected chi connectivity index (χ4v) is 4.57. The number of nitrogens with zero attached hydrogens (tertiary/aromatic N) is 1. The Morgan fingerprint density at radius 3 is 2.31 bits per heavy atom. The molecule has 2 heterocycles. The number of carbonyl (C=O) groups is 3. The van der Waals surface area contributed by atoms with Crippen LogP contribution < -0.4 is 16.8 Å². The Bertz CT molecular complexity index is 1110. The number of ketones is 2. The molecule has 0 saturated heterocycles. The monoisotopic (exact) mass is 508 g/mol. The predicted octanol–water partition coefficient (Wildman–Crippen LogP) is 2.62. The Labute approximate surface area is 214 Å². The van der Waals surface area contributed by atoms with E-state index in [1.165, 1.54) is 11.3 Å². The normalized spacial score (nSPS) is 14.2. The van der Waals surface area contributed by atoms with Gasteiger partial charge in [0.25, 0.3) is 5.91 Å². The molecular weight excluding hydrogens is 476 g/mol. The minimum absolute atomic E-state index is 0.0912. The van der Waals surface area contributed by atoms with Crippen molar-refractivity contribution in [3.8, 4) is 0 Å². The number of aliphatic hydroxyl groups is 1. The van der Waals surface area contributed by atoms with Crippen molar-refractivity contribution in [2.75, 3.05) is 0 Å². The zero-order valence-corrected chi connectivity index (χ0v) is 21.2. The summed E-state index contributed by atoms with van der Waals surface area (Å²) >= 11 is 1.26. The summed E-state index contributed by atoms with van der Waals surface area (Å²) < 4.78 is 0. The summed E-state index contributed by atoms with van der Waals surface area (Å²) in [7, 11) is 0. The first kappa shape index (κ1) is 27.3. The van der Waals surface area contributed by atoms with Gasteiger partial charge >= 0.3 is 0 Å². The first-order valence-corrected chi connectivity index (χ1v) is 12.6. The Hall–Kier alpha value is -3.24. The number of aliphatic hydroxyl groups excluding tert-OH is 1. The van der Waals surface area contributed by atoms with Gasteiger partial charge in [-0.3, -0.25) is 19.4 Å².